The highest BCUT2D eigenvalue weighted by Gasteiger charge is 2.46. The molecule has 0 atom stereocenters. The Kier molecular flexibility index (Phi) is 5.77. The van der Waals surface area contributed by atoms with Gasteiger partial charge in [-0.2, -0.15) is 5.26 Å². The number of benzene rings is 5. The molecule has 4 heteroatoms. The quantitative estimate of drug-likeness (QED) is 0.213. The minimum atomic E-state index is -0.573. The normalized spacial score (nSPS) is 12.8. The van der Waals surface area contributed by atoms with Gasteiger partial charge in [-0.15, -0.1) is 0 Å². The largest absolute Gasteiger partial charge is 0.228 e. The second-order valence-electron chi connectivity index (χ2n) is 9.85. The van der Waals surface area contributed by atoms with E-state index in [-0.39, 0.29) is 0 Å². The summed E-state index contributed by atoms with van der Waals surface area (Å²) in [6.45, 7) is 0. The molecule has 6 aromatic rings. The SMILES string of the molecule is N#Cc1cc2c(cc1-c1cc(Cl)nc(-c3ccccc3)n1)C(c1ccccc1)(c1ccccc1)c1ccccc1-2. The van der Waals surface area contributed by atoms with Crippen molar-refractivity contribution in [3.63, 3.8) is 0 Å². The maximum atomic E-state index is 10.4. The highest BCUT2D eigenvalue weighted by Crippen LogP contribution is 2.57. The standard InChI is InChI=1S/C36H22ClN3/c37-34-22-33(39-35(40-34)24-12-4-1-5-13-24)29-21-32-30(20-25(29)23-38)28-18-10-11-19-31(28)36(32,26-14-6-2-7-15-26)27-16-8-3-9-17-27/h1-22H. The molecule has 5 aromatic carbocycles. The molecule has 1 aliphatic carbocycles. The second-order valence-corrected chi connectivity index (χ2v) is 10.2. The highest BCUT2D eigenvalue weighted by atomic mass is 35.5. The fourth-order valence-corrected chi connectivity index (χ4v) is 6.25. The lowest BCUT2D eigenvalue weighted by molar-refractivity contribution is 0.768. The predicted molar refractivity (Wildman–Crippen MR) is 160 cm³/mol. The number of hydrogen-bond acceptors (Lipinski definition) is 3. The van der Waals surface area contributed by atoms with Gasteiger partial charge in [0.15, 0.2) is 5.82 Å². The molecule has 1 aromatic heterocycles. The van der Waals surface area contributed by atoms with Gasteiger partial charge in [0.25, 0.3) is 0 Å². The van der Waals surface area contributed by atoms with Gasteiger partial charge < -0.3 is 0 Å². The van der Waals surface area contributed by atoms with Crippen LogP contribution in [0.2, 0.25) is 5.15 Å². The number of hydrogen-bond donors (Lipinski definition) is 0. The molecule has 1 heterocycles. The minimum absolute atomic E-state index is 0.328. The molecule has 7 rings (SSSR count). The van der Waals surface area contributed by atoms with E-state index in [2.05, 4.69) is 89.9 Å². The fraction of sp³-hybridized carbons (Fsp3) is 0.0278. The molecule has 1 aliphatic rings. The molecule has 40 heavy (non-hydrogen) atoms. The summed E-state index contributed by atoms with van der Waals surface area (Å²) in [5.41, 5.74) is 8.96. The fourth-order valence-electron chi connectivity index (χ4n) is 6.06. The van der Waals surface area contributed by atoms with E-state index < -0.39 is 5.41 Å². The van der Waals surface area contributed by atoms with Crippen molar-refractivity contribution in [1.82, 2.24) is 9.97 Å². The van der Waals surface area contributed by atoms with E-state index in [9.17, 15) is 5.26 Å². The molecule has 0 saturated carbocycles. The molecule has 0 bridgehead atoms. The van der Waals surface area contributed by atoms with E-state index >= 15 is 0 Å². The summed E-state index contributed by atoms with van der Waals surface area (Å²) < 4.78 is 0. The van der Waals surface area contributed by atoms with Crippen LogP contribution in [0.5, 0.6) is 0 Å². The molecule has 3 nitrogen and oxygen atoms in total. The van der Waals surface area contributed by atoms with E-state index in [1.807, 2.05) is 48.5 Å². The van der Waals surface area contributed by atoms with Crippen molar-refractivity contribution in [2.45, 2.75) is 5.41 Å². The van der Waals surface area contributed by atoms with Crippen molar-refractivity contribution >= 4 is 11.6 Å². The lowest BCUT2D eigenvalue weighted by Gasteiger charge is -2.34. The molecule has 0 N–H and O–H groups in total. The van der Waals surface area contributed by atoms with Crippen molar-refractivity contribution in [3.05, 3.63) is 166 Å². The Hall–Kier alpha value is -5.04. The van der Waals surface area contributed by atoms with E-state index in [0.717, 1.165) is 38.9 Å². The lowest BCUT2D eigenvalue weighted by atomic mass is 9.67. The third-order valence-electron chi connectivity index (χ3n) is 7.72. The molecule has 0 aliphatic heterocycles. The summed E-state index contributed by atoms with van der Waals surface area (Å²) in [5, 5.41) is 10.7. The summed E-state index contributed by atoms with van der Waals surface area (Å²) >= 11 is 6.55. The average molecular weight is 532 g/mol. The lowest BCUT2D eigenvalue weighted by Crippen LogP contribution is -2.28. The Morgan fingerprint density at radius 1 is 0.575 bits per heavy atom. The maximum absolute atomic E-state index is 10.4. The van der Waals surface area contributed by atoms with Crippen molar-refractivity contribution in [2.75, 3.05) is 0 Å². The maximum Gasteiger partial charge on any atom is 0.161 e. The number of nitrogens with zero attached hydrogens (tertiary/aromatic N) is 3. The van der Waals surface area contributed by atoms with Crippen LogP contribution in [0.4, 0.5) is 0 Å². The molecule has 0 unspecified atom stereocenters. The van der Waals surface area contributed by atoms with E-state index in [1.54, 1.807) is 6.07 Å². The molecule has 0 radical (unpaired) electrons. The predicted octanol–water partition coefficient (Wildman–Crippen LogP) is 8.70. The average Bonchev–Trinajstić information content (AvgIpc) is 3.31. The topological polar surface area (TPSA) is 49.6 Å². The van der Waals surface area contributed by atoms with Crippen LogP contribution in [0.15, 0.2) is 133 Å². The first-order valence-electron chi connectivity index (χ1n) is 13.1. The summed E-state index contributed by atoms with van der Waals surface area (Å²) in [6, 6.07) is 47.8. The summed E-state index contributed by atoms with van der Waals surface area (Å²) in [5.74, 6) is 0.521. The van der Waals surface area contributed by atoms with Crippen molar-refractivity contribution in [3.8, 4) is 39.8 Å². The molecular weight excluding hydrogens is 510 g/mol. The molecule has 0 fully saturated rings. The zero-order chi connectivity index (χ0) is 27.1. The van der Waals surface area contributed by atoms with Gasteiger partial charge >= 0.3 is 0 Å². The first-order valence-corrected chi connectivity index (χ1v) is 13.5. The molecule has 188 valence electrons. The number of nitriles is 1. The van der Waals surface area contributed by atoms with Crippen molar-refractivity contribution < 1.29 is 0 Å². The molecule has 0 saturated heterocycles. The van der Waals surface area contributed by atoms with E-state index in [1.165, 1.54) is 5.56 Å². The van der Waals surface area contributed by atoms with Crippen LogP contribution < -0.4 is 0 Å². The van der Waals surface area contributed by atoms with Gasteiger partial charge in [-0.3, -0.25) is 0 Å². The Morgan fingerprint density at radius 3 is 1.82 bits per heavy atom. The number of aromatic nitrogens is 2. The highest BCUT2D eigenvalue weighted by molar-refractivity contribution is 6.29. The van der Waals surface area contributed by atoms with Crippen LogP contribution in [0, 0.1) is 11.3 Å². The van der Waals surface area contributed by atoms with Crippen molar-refractivity contribution in [1.29, 1.82) is 5.26 Å². The van der Waals surface area contributed by atoms with Crippen LogP contribution in [-0.2, 0) is 5.41 Å². The minimum Gasteiger partial charge on any atom is -0.228 e. The van der Waals surface area contributed by atoms with Crippen LogP contribution in [0.3, 0.4) is 0 Å². The van der Waals surface area contributed by atoms with Gasteiger partial charge in [0.1, 0.15) is 5.15 Å². The van der Waals surface area contributed by atoms with Gasteiger partial charge in [-0.25, -0.2) is 9.97 Å². The van der Waals surface area contributed by atoms with Crippen LogP contribution >= 0.6 is 11.6 Å². The van der Waals surface area contributed by atoms with Crippen molar-refractivity contribution in [2.24, 2.45) is 0 Å². The van der Waals surface area contributed by atoms with Gasteiger partial charge in [0, 0.05) is 17.2 Å². The summed E-state index contributed by atoms with van der Waals surface area (Å²) in [7, 11) is 0. The first kappa shape index (κ1) is 24.0. The van der Waals surface area contributed by atoms with Gasteiger partial charge in [0.05, 0.1) is 22.7 Å². The number of fused-ring (bicyclic) bond motifs is 3. The summed E-state index contributed by atoms with van der Waals surface area (Å²) in [4.78, 5) is 9.39. The number of rotatable bonds is 4. The number of halogens is 1. The summed E-state index contributed by atoms with van der Waals surface area (Å²) in [6.07, 6.45) is 0. The van der Waals surface area contributed by atoms with Crippen LogP contribution in [-0.4, -0.2) is 9.97 Å². The monoisotopic (exact) mass is 531 g/mol. The van der Waals surface area contributed by atoms with E-state index in [0.29, 0.717) is 22.2 Å². The Labute approximate surface area is 238 Å². The molecule has 0 amide bonds. The zero-order valence-electron chi connectivity index (χ0n) is 21.4. The second kappa shape index (κ2) is 9.61. The Morgan fingerprint density at radius 2 is 1.18 bits per heavy atom. The first-order chi connectivity index (χ1) is 19.7. The smallest absolute Gasteiger partial charge is 0.161 e. The van der Waals surface area contributed by atoms with Gasteiger partial charge in [-0.05, 0) is 45.5 Å². The van der Waals surface area contributed by atoms with Gasteiger partial charge in [0.2, 0.25) is 0 Å². The van der Waals surface area contributed by atoms with Crippen LogP contribution in [0.1, 0.15) is 27.8 Å². The Balaban J connectivity index is 1.57. The third kappa shape index (κ3) is 3.66. The zero-order valence-corrected chi connectivity index (χ0v) is 22.2. The van der Waals surface area contributed by atoms with Gasteiger partial charge in [-0.1, -0.05) is 127 Å². The molecular formula is C36H22ClN3. The van der Waals surface area contributed by atoms with E-state index in [4.69, 9.17) is 16.6 Å². The Bertz CT molecular complexity index is 1870. The van der Waals surface area contributed by atoms with Crippen LogP contribution in [0.25, 0.3) is 33.8 Å². The molecule has 0 spiro atoms. The third-order valence-corrected chi connectivity index (χ3v) is 7.91.